The molecule has 3 nitrogen and oxygen atoms in total. The van der Waals surface area contributed by atoms with Crippen LogP contribution in [0, 0.1) is 17.7 Å². The van der Waals surface area contributed by atoms with Gasteiger partial charge in [0.15, 0.2) is 0 Å². The predicted octanol–water partition coefficient (Wildman–Crippen LogP) is 3.23. The molecule has 3 aromatic rings. The van der Waals surface area contributed by atoms with Gasteiger partial charge in [0.1, 0.15) is 24.5 Å². The smallest absolute Gasteiger partial charge is 0.135 e. The lowest BCUT2D eigenvalue weighted by atomic mass is 9.71. The van der Waals surface area contributed by atoms with Crippen molar-refractivity contribution in [2.24, 2.45) is 11.8 Å². The van der Waals surface area contributed by atoms with E-state index in [9.17, 15) is 4.39 Å². The average Bonchev–Trinajstić information content (AvgIpc) is 2.86. The maximum Gasteiger partial charge on any atom is 0.135 e. The number of piperidine rings is 3. The molecule has 3 fully saturated rings. The Kier molecular flexibility index (Phi) is 7.66. The zero-order chi connectivity index (χ0) is 22.8. The second-order valence-corrected chi connectivity index (χ2v) is 9.59. The normalized spacial score (nSPS) is 26.6. The number of quaternary nitrogens is 1. The molecule has 6 rings (SSSR count). The quantitative estimate of drug-likeness (QED) is 0.334. The minimum Gasteiger partial charge on any atom is -1.00 e. The number of fused-ring (bicyclic) bond motifs is 4. The second-order valence-electron chi connectivity index (χ2n) is 9.59. The van der Waals surface area contributed by atoms with E-state index < -0.39 is 0 Å². The monoisotopic (exact) mass is 522 g/mol. The summed E-state index contributed by atoms with van der Waals surface area (Å²) in [5.74, 6) is 0.927. The Morgan fingerprint density at radius 1 is 1.12 bits per heavy atom. The number of hydrogen-bond acceptors (Lipinski definition) is 2. The predicted molar refractivity (Wildman–Crippen MR) is 131 cm³/mol. The van der Waals surface area contributed by atoms with Crippen molar-refractivity contribution in [1.29, 1.82) is 0 Å². The summed E-state index contributed by atoms with van der Waals surface area (Å²) < 4.78 is 22.2. The van der Waals surface area contributed by atoms with Crippen LogP contribution in [0.5, 0.6) is 0 Å². The number of para-hydroxylation sites is 1. The van der Waals surface area contributed by atoms with Gasteiger partial charge in [0.25, 0.3) is 0 Å². The number of rotatable bonds is 8. The highest BCUT2D eigenvalue weighted by Crippen LogP contribution is 2.49. The fourth-order valence-electron chi connectivity index (χ4n) is 6.28. The van der Waals surface area contributed by atoms with Gasteiger partial charge in [-0.05, 0) is 29.7 Å². The summed E-state index contributed by atoms with van der Waals surface area (Å²) in [6, 6.07) is 17.8. The van der Waals surface area contributed by atoms with Crippen molar-refractivity contribution in [3.05, 3.63) is 103 Å². The minimum absolute atomic E-state index is 0. The molecule has 4 unspecified atom stereocenters. The zero-order valence-corrected chi connectivity index (χ0v) is 21.0. The van der Waals surface area contributed by atoms with E-state index in [2.05, 4.69) is 42.4 Å². The summed E-state index contributed by atoms with van der Waals surface area (Å²) in [4.78, 5) is 4.58. The van der Waals surface area contributed by atoms with Gasteiger partial charge in [-0.2, -0.15) is 0 Å². The van der Waals surface area contributed by atoms with Gasteiger partial charge < -0.3 is 26.2 Å². The van der Waals surface area contributed by atoms with Crippen LogP contribution in [0.1, 0.15) is 30.1 Å². The molecular weight excluding hydrogens is 491 g/mol. The third-order valence-corrected chi connectivity index (χ3v) is 7.85. The van der Waals surface area contributed by atoms with E-state index in [4.69, 9.17) is 4.74 Å². The van der Waals surface area contributed by atoms with Crippen LogP contribution >= 0.6 is 0 Å². The number of benzene rings is 2. The van der Waals surface area contributed by atoms with Crippen LogP contribution < -0.4 is 17.0 Å². The molecule has 178 valence electrons. The Bertz CT molecular complexity index is 1160. The molecule has 1 aromatic heterocycles. The number of aromatic nitrogens is 1. The highest BCUT2D eigenvalue weighted by molar-refractivity contribution is 5.82. The summed E-state index contributed by atoms with van der Waals surface area (Å²) >= 11 is 0. The van der Waals surface area contributed by atoms with Crippen LogP contribution in [0.15, 0.2) is 86.1 Å². The van der Waals surface area contributed by atoms with Crippen molar-refractivity contribution in [2.45, 2.75) is 31.5 Å². The first kappa shape index (κ1) is 24.8. The van der Waals surface area contributed by atoms with Crippen LogP contribution in [0.2, 0.25) is 0 Å². The highest BCUT2D eigenvalue weighted by atomic mass is 79.9. The average molecular weight is 523 g/mol. The topological polar surface area (TPSA) is 22.1 Å². The number of pyridine rings is 1. The molecule has 0 aliphatic carbocycles. The summed E-state index contributed by atoms with van der Waals surface area (Å²) in [6.07, 6.45) is 7.90. The Balaban J connectivity index is 0.00000274. The molecule has 4 heterocycles. The van der Waals surface area contributed by atoms with Gasteiger partial charge >= 0.3 is 0 Å². The summed E-state index contributed by atoms with van der Waals surface area (Å²) in [5, 5.41) is 1.13. The van der Waals surface area contributed by atoms with Crippen LogP contribution in [0.25, 0.3) is 10.9 Å². The molecule has 3 aliphatic heterocycles. The van der Waals surface area contributed by atoms with Gasteiger partial charge in [-0.25, -0.2) is 4.39 Å². The third-order valence-electron chi connectivity index (χ3n) is 7.85. The van der Waals surface area contributed by atoms with E-state index in [1.54, 1.807) is 12.1 Å². The van der Waals surface area contributed by atoms with E-state index in [0.717, 1.165) is 46.9 Å². The van der Waals surface area contributed by atoms with Crippen molar-refractivity contribution in [2.75, 3.05) is 19.7 Å². The van der Waals surface area contributed by atoms with Gasteiger partial charge in [-0.3, -0.25) is 4.98 Å². The van der Waals surface area contributed by atoms with Gasteiger partial charge in [0.2, 0.25) is 0 Å². The largest absolute Gasteiger partial charge is 1.00 e. The maximum atomic E-state index is 14.8. The Morgan fingerprint density at radius 3 is 2.71 bits per heavy atom. The first-order valence-corrected chi connectivity index (χ1v) is 11.9. The summed E-state index contributed by atoms with van der Waals surface area (Å²) in [6.45, 7) is 11.2. The second kappa shape index (κ2) is 10.5. The molecule has 0 saturated carbocycles. The van der Waals surface area contributed by atoms with Crippen molar-refractivity contribution in [3.63, 3.8) is 0 Å². The Morgan fingerprint density at radius 2 is 1.91 bits per heavy atom. The van der Waals surface area contributed by atoms with E-state index in [1.165, 1.54) is 5.56 Å². The molecule has 0 spiro atoms. The van der Waals surface area contributed by atoms with Gasteiger partial charge in [-0.1, -0.05) is 48.6 Å². The Hall–Kier alpha value is -2.34. The fraction of sp³-hybridized carbons (Fsp3) is 0.345. The lowest BCUT2D eigenvalue weighted by Crippen LogP contribution is -3.00. The van der Waals surface area contributed by atoms with E-state index in [-0.39, 0.29) is 34.9 Å². The van der Waals surface area contributed by atoms with E-state index >= 15 is 0 Å². The molecule has 0 N–H and O–H groups in total. The van der Waals surface area contributed by atoms with Crippen molar-refractivity contribution in [3.8, 4) is 0 Å². The van der Waals surface area contributed by atoms with Crippen LogP contribution in [-0.2, 0) is 11.3 Å². The zero-order valence-electron chi connectivity index (χ0n) is 19.5. The van der Waals surface area contributed by atoms with Crippen LogP contribution in [0.3, 0.4) is 0 Å². The lowest BCUT2D eigenvalue weighted by Gasteiger charge is -2.58. The standard InChI is InChI=1S/C29H32FN2O.BrH/c1-3-17-33-29(25-13-15-31-27-12-8-6-10-24(25)27)28-18-22-14-16-32(28,19-21(22)4-2)20-23-9-5-7-11-26(23)30;/h3-13,15,21-22,28-29H,1-2,14,16-20H2;1H/q+1;/p-1/t21?,22?,28?,29-,32?;/m1./s1. The molecule has 3 aliphatic rings. The molecule has 3 saturated heterocycles. The number of nitrogens with zero attached hydrogens (tertiary/aromatic N) is 2. The van der Waals surface area contributed by atoms with E-state index in [1.807, 2.05) is 36.5 Å². The van der Waals surface area contributed by atoms with Gasteiger partial charge in [0.05, 0.1) is 25.2 Å². The van der Waals surface area contributed by atoms with Crippen LogP contribution in [0.4, 0.5) is 4.39 Å². The SMILES string of the molecule is C=CCO[C@H](c1ccnc2ccccc12)C1CC2CC[N+]1(Cc1ccccc1F)CC2C=C.[Br-]. The molecule has 5 atom stereocenters. The first-order chi connectivity index (χ1) is 16.1. The number of ether oxygens (including phenoxy) is 1. The summed E-state index contributed by atoms with van der Waals surface area (Å²) in [7, 11) is 0. The molecule has 0 amide bonds. The molecule has 5 heteroatoms. The fourth-order valence-corrected chi connectivity index (χ4v) is 6.28. The summed E-state index contributed by atoms with van der Waals surface area (Å²) in [5.41, 5.74) is 2.93. The molecule has 0 radical (unpaired) electrons. The first-order valence-electron chi connectivity index (χ1n) is 11.9. The van der Waals surface area contributed by atoms with Crippen molar-refractivity contribution >= 4 is 10.9 Å². The lowest BCUT2D eigenvalue weighted by molar-refractivity contribution is -0.985. The van der Waals surface area contributed by atoms with Crippen molar-refractivity contribution in [1.82, 2.24) is 4.98 Å². The minimum atomic E-state index is -0.121. The molecular formula is C29H32BrFN2O. The highest BCUT2D eigenvalue weighted by Gasteiger charge is 2.54. The van der Waals surface area contributed by atoms with Gasteiger partial charge in [0, 0.05) is 35.9 Å². The molecule has 2 bridgehead atoms. The third kappa shape index (κ3) is 4.49. The van der Waals surface area contributed by atoms with Crippen LogP contribution in [-0.4, -0.2) is 35.2 Å². The van der Waals surface area contributed by atoms with Crippen molar-refractivity contribution < 1.29 is 30.6 Å². The molecule has 34 heavy (non-hydrogen) atoms. The molecule has 2 aromatic carbocycles. The Labute approximate surface area is 212 Å². The van der Waals surface area contributed by atoms with Gasteiger partial charge in [-0.15, -0.1) is 13.2 Å². The number of hydrogen-bond donors (Lipinski definition) is 0. The number of halogens is 2. The van der Waals surface area contributed by atoms with E-state index in [0.29, 0.717) is 25.0 Å². The maximum absolute atomic E-state index is 14.8.